The molecule has 1 aliphatic carbocycles. The lowest BCUT2D eigenvalue weighted by molar-refractivity contribution is -0.148. The van der Waals surface area contributed by atoms with Gasteiger partial charge >= 0.3 is 0 Å². The van der Waals surface area contributed by atoms with Gasteiger partial charge in [0.1, 0.15) is 0 Å². The number of nitrogens with zero attached hydrogens (tertiary/aromatic N) is 1. The van der Waals surface area contributed by atoms with Crippen molar-refractivity contribution in [1.29, 1.82) is 0 Å². The molecule has 3 fully saturated rings. The molecule has 1 saturated carbocycles. The maximum atomic E-state index is 12.8. The summed E-state index contributed by atoms with van der Waals surface area (Å²) in [5, 5.41) is 3.37. The van der Waals surface area contributed by atoms with E-state index in [-0.39, 0.29) is 24.0 Å². The fraction of sp³-hybridized carbons (Fsp3) is 0.929. The summed E-state index contributed by atoms with van der Waals surface area (Å²) in [6, 6.07) is 0.490. The molecule has 4 atom stereocenters. The molecule has 4 unspecified atom stereocenters. The molecule has 108 valence electrons. The molecule has 0 spiro atoms. The SMILES string of the molecule is CCNC1COCC1C(=O)N1CCOC2CCCC21. The summed E-state index contributed by atoms with van der Waals surface area (Å²) in [5.74, 6) is 0.253. The molecule has 5 heteroatoms. The van der Waals surface area contributed by atoms with Crippen LogP contribution in [0.1, 0.15) is 26.2 Å². The van der Waals surface area contributed by atoms with E-state index in [1.165, 1.54) is 6.42 Å². The summed E-state index contributed by atoms with van der Waals surface area (Å²) in [7, 11) is 0. The molecular formula is C14H24N2O3. The molecule has 3 rings (SSSR count). The van der Waals surface area contributed by atoms with Crippen molar-refractivity contribution < 1.29 is 14.3 Å². The number of hydrogen-bond acceptors (Lipinski definition) is 4. The van der Waals surface area contributed by atoms with E-state index in [0.717, 1.165) is 25.9 Å². The monoisotopic (exact) mass is 268 g/mol. The molecule has 0 bridgehead atoms. The normalized spacial score (nSPS) is 38.5. The first-order valence-electron chi connectivity index (χ1n) is 7.54. The number of amides is 1. The molecule has 0 aromatic heterocycles. The van der Waals surface area contributed by atoms with Gasteiger partial charge in [0.2, 0.25) is 5.91 Å². The van der Waals surface area contributed by atoms with Crippen LogP contribution in [0.4, 0.5) is 0 Å². The van der Waals surface area contributed by atoms with Gasteiger partial charge < -0.3 is 19.7 Å². The van der Waals surface area contributed by atoms with E-state index in [0.29, 0.717) is 25.9 Å². The molecule has 5 nitrogen and oxygen atoms in total. The minimum Gasteiger partial charge on any atom is -0.379 e. The van der Waals surface area contributed by atoms with E-state index in [1.54, 1.807) is 0 Å². The first kappa shape index (κ1) is 13.3. The lowest BCUT2D eigenvalue weighted by Gasteiger charge is -2.39. The van der Waals surface area contributed by atoms with Gasteiger partial charge in [-0.1, -0.05) is 6.92 Å². The molecule has 1 amide bonds. The molecule has 19 heavy (non-hydrogen) atoms. The number of morpholine rings is 1. The topological polar surface area (TPSA) is 50.8 Å². The highest BCUT2D eigenvalue weighted by molar-refractivity contribution is 5.80. The summed E-state index contributed by atoms with van der Waals surface area (Å²) in [5.41, 5.74) is 0. The predicted molar refractivity (Wildman–Crippen MR) is 70.9 cm³/mol. The number of carbonyl (C=O) groups is 1. The number of nitrogens with one attached hydrogen (secondary N) is 1. The Morgan fingerprint density at radius 2 is 2.26 bits per heavy atom. The van der Waals surface area contributed by atoms with E-state index < -0.39 is 0 Å². The Morgan fingerprint density at radius 1 is 1.37 bits per heavy atom. The standard InChI is InChI=1S/C14H24N2O3/c1-2-15-11-9-18-8-10(11)14(17)16-6-7-19-13-5-3-4-12(13)16/h10-13,15H,2-9H2,1H3. The van der Waals surface area contributed by atoms with Crippen LogP contribution in [0.3, 0.4) is 0 Å². The van der Waals surface area contributed by atoms with Gasteiger partial charge in [-0.15, -0.1) is 0 Å². The Balaban J connectivity index is 1.68. The Hall–Kier alpha value is -0.650. The van der Waals surface area contributed by atoms with Gasteiger partial charge in [-0.2, -0.15) is 0 Å². The first-order chi connectivity index (χ1) is 9.31. The van der Waals surface area contributed by atoms with Crippen LogP contribution in [0, 0.1) is 5.92 Å². The van der Waals surface area contributed by atoms with Gasteiger partial charge in [-0.25, -0.2) is 0 Å². The minimum absolute atomic E-state index is 0.0145. The van der Waals surface area contributed by atoms with Crippen molar-refractivity contribution in [3.8, 4) is 0 Å². The quantitative estimate of drug-likeness (QED) is 0.804. The third-order valence-electron chi connectivity index (χ3n) is 4.63. The van der Waals surface area contributed by atoms with Gasteiger partial charge in [-0.05, 0) is 25.8 Å². The van der Waals surface area contributed by atoms with Crippen LogP contribution in [-0.4, -0.2) is 61.9 Å². The Bertz CT molecular complexity index is 337. The molecule has 3 aliphatic rings. The maximum Gasteiger partial charge on any atom is 0.230 e. The zero-order chi connectivity index (χ0) is 13.2. The van der Waals surface area contributed by atoms with Crippen LogP contribution in [0.15, 0.2) is 0 Å². The van der Waals surface area contributed by atoms with Crippen molar-refractivity contribution >= 4 is 5.91 Å². The molecule has 0 aromatic carbocycles. The van der Waals surface area contributed by atoms with Crippen molar-refractivity contribution in [3.63, 3.8) is 0 Å². The zero-order valence-corrected chi connectivity index (χ0v) is 11.6. The first-order valence-corrected chi connectivity index (χ1v) is 7.54. The molecule has 0 radical (unpaired) electrons. The lowest BCUT2D eigenvalue weighted by Crippen LogP contribution is -2.55. The highest BCUT2D eigenvalue weighted by Crippen LogP contribution is 2.31. The van der Waals surface area contributed by atoms with Gasteiger partial charge in [0, 0.05) is 12.6 Å². The number of hydrogen-bond donors (Lipinski definition) is 1. The molecule has 2 aliphatic heterocycles. The van der Waals surface area contributed by atoms with Crippen LogP contribution in [0.2, 0.25) is 0 Å². The van der Waals surface area contributed by atoms with Crippen LogP contribution < -0.4 is 5.32 Å². The molecule has 2 saturated heterocycles. The Kier molecular flexibility index (Phi) is 4.05. The number of ether oxygens (including phenoxy) is 2. The number of rotatable bonds is 3. The van der Waals surface area contributed by atoms with E-state index >= 15 is 0 Å². The van der Waals surface area contributed by atoms with Crippen molar-refractivity contribution in [1.82, 2.24) is 10.2 Å². The minimum atomic E-state index is -0.0145. The smallest absolute Gasteiger partial charge is 0.230 e. The van der Waals surface area contributed by atoms with Gasteiger partial charge in [0.15, 0.2) is 0 Å². The summed E-state index contributed by atoms with van der Waals surface area (Å²) in [6.07, 6.45) is 3.65. The Labute approximate surface area is 114 Å². The van der Waals surface area contributed by atoms with Crippen LogP contribution >= 0.6 is 0 Å². The van der Waals surface area contributed by atoms with Crippen LogP contribution in [0.5, 0.6) is 0 Å². The molecular weight excluding hydrogens is 244 g/mol. The summed E-state index contributed by atoms with van der Waals surface area (Å²) in [6.45, 7) is 5.60. The lowest BCUT2D eigenvalue weighted by atomic mass is 9.99. The second-order valence-electron chi connectivity index (χ2n) is 5.75. The fourth-order valence-electron chi connectivity index (χ4n) is 3.67. The predicted octanol–water partition coefficient (Wildman–Crippen LogP) is 0.391. The average molecular weight is 268 g/mol. The third kappa shape index (κ3) is 2.51. The number of fused-ring (bicyclic) bond motifs is 1. The van der Waals surface area contributed by atoms with Gasteiger partial charge in [-0.3, -0.25) is 4.79 Å². The van der Waals surface area contributed by atoms with E-state index in [2.05, 4.69) is 17.1 Å². The second kappa shape index (κ2) is 5.77. The summed E-state index contributed by atoms with van der Waals surface area (Å²) < 4.78 is 11.3. The third-order valence-corrected chi connectivity index (χ3v) is 4.63. The number of carbonyl (C=O) groups excluding carboxylic acids is 1. The molecule has 0 aromatic rings. The van der Waals surface area contributed by atoms with Crippen LogP contribution in [0.25, 0.3) is 0 Å². The average Bonchev–Trinajstić information content (AvgIpc) is 3.06. The van der Waals surface area contributed by atoms with Crippen molar-refractivity contribution in [2.45, 2.75) is 44.4 Å². The largest absolute Gasteiger partial charge is 0.379 e. The second-order valence-corrected chi connectivity index (χ2v) is 5.75. The van der Waals surface area contributed by atoms with Crippen molar-refractivity contribution in [2.75, 3.05) is 32.9 Å². The van der Waals surface area contributed by atoms with E-state index in [4.69, 9.17) is 9.47 Å². The van der Waals surface area contributed by atoms with Crippen molar-refractivity contribution in [3.05, 3.63) is 0 Å². The van der Waals surface area contributed by atoms with Crippen LogP contribution in [-0.2, 0) is 14.3 Å². The summed E-state index contributed by atoms with van der Waals surface area (Å²) >= 11 is 0. The fourth-order valence-corrected chi connectivity index (χ4v) is 3.67. The van der Waals surface area contributed by atoms with Crippen molar-refractivity contribution in [2.24, 2.45) is 5.92 Å². The maximum absolute atomic E-state index is 12.8. The number of likely N-dealkylation sites (N-methyl/N-ethyl adjacent to an activating group) is 1. The van der Waals surface area contributed by atoms with Gasteiger partial charge in [0.25, 0.3) is 0 Å². The zero-order valence-electron chi connectivity index (χ0n) is 11.6. The molecule has 1 N–H and O–H groups in total. The van der Waals surface area contributed by atoms with Gasteiger partial charge in [0.05, 0.1) is 37.9 Å². The van der Waals surface area contributed by atoms with E-state index in [9.17, 15) is 4.79 Å². The highest BCUT2D eigenvalue weighted by atomic mass is 16.5. The summed E-state index contributed by atoms with van der Waals surface area (Å²) in [4.78, 5) is 14.9. The molecule has 2 heterocycles. The highest BCUT2D eigenvalue weighted by Gasteiger charge is 2.43. The van der Waals surface area contributed by atoms with E-state index in [1.807, 2.05) is 0 Å². The Morgan fingerprint density at radius 3 is 3.11 bits per heavy atom.